The molecule has 2 heterocycles. The molecule has 3 aromatic rings. The Morgan fingerprint density at radius 1 is 1.03 bits per heavy atom. The van der Waals surface area contributed by atoms with Crippen LogP contribution in [0.3, 0.4) is 0 Å². The Morgan fingerprint density at radius 3 is 2.60 bits per heavy atom. The molecule has 156 valence electrons. The molecule has 0 saturated carbocycles. The van der Waals surface area contributed by atoms with Gasteiger partial charge in [-0.05, 0) is 30.7 Å². The van der Waals surface area contributed by atoms with Crippen LogP contribution in [0.1, 0.15) is 19.8 Å². The minimum atomic E-state index is -0.482. The molecule has 30 heavy (non-hydrogen) atoms. The van der Waals surface area contributed by atoms with Crippen LogP contribution in [0.5, 0.6) is 11.5 Å². The number of amides is 1. The number of hydrogen-bond donors (Lipinski definition) is 1. The van der Waals surface area contributed by atoms with Gasteiger partial charge in [-0.25, -0.2) is 4.79 Å². The average Bonchev–Trinajstić information content (AvgIpc) is 2.76. The van der Waals surface area contributed by atoms with Gasteiger partial charge in [0.25, 0.3) is 5.56 Å². The molecule has 2 aromatic carbocycles. The fourth-order valence-corrected chi connectivity index (χ4v) is 3.50. The van der Waals surface area contributed by atoms with Gasteiger partial charge in [0.05, 0.1) is 10.9 Å². The van der Waals surface area contributed by atoms with E-state index in [2.05, 4.69) is 5.32 Å². The number of unbranched alkanes of at least 4 members (excludes halogenated alkanes) is 1. The fraction of sp³-hybridized carbons (Fsp3) is 0.318. The number of para-hydroxylation sites is 1. The quantitative estimate of drug-likeness (QED) is 0.675. The first-order chi connectivity index (χ1) is 14.6. The first-order valence-electron chi connectivity index (χ1n) is 10.0. The molecular weight excluding hydrogens is 386 g/mol. The van der Waals surface area contributed by atoms with Gasteiger partial charge in [-0.1, -0.05) is 25.5 Å². The smallest absolute Gasteiger partial charge is 0.331 e. The largest absolute Gasteiger partial charge is 0.486 e. The molecule has 0 spiro atoms. The molecule has 1 amide bonds. The summed E-state index contributed by atoms with van der Waals surface area (Å²) in [5, 5.41) is 3.21. The van der Waals surface area contributed by atoms with Gasteiger partial charge in [0.2, 0.25) is 5.91 Å². The van der Waals surface area contributed by atoms with E-state index in [-0.39, 0.29) is 18.0 Å². The molecule has 0 radical (unpaired) electrons. The summed E-state index contributed by atoms with van der Waals surface area (Å²) >= 11 is 0. The van der Waals surface area contributed by atoms with Crippen LogP contribution in [0.2, 0.25) is 0 Å². The minimum Gasteiger partial charge on any atom is -0.486 e. The number of hydrogen-bond acceptors (Lipinski definition) is 5. The highest BCUT2D eigenvalue weighted by molar-refractivity contribution is 5.92. The predicted octanol–water partition coefficient (Wildman–Crippen LogP) is 2.37. The Labute approximate surface area is 172 Å². The van der Waals surface area contributed by atoms with E-state index in [0.717, 1.165) is 6.42 Å². The maximum atomic E-state index is 13.0. The van der Waals surface area contributed by atoms with Crippen LogP contribution in [0.25, 0.3) is 10.9 Å². The molecule has 4 rings (SSSR count). The van der Waals surface area contributed by atoms with E-state index in [9.17, 15) is 14.4 Å². The lowest BCUT2D eigenvalue weighted by Crippen LogP contribution is -2.41. The van der Waals surface area contributed by atoms with Gasteiger partial charge in [0.15, 0.2) is 11.5 Å². The van der Waals surface area contributed by atoms with Gasteiger partial charge in [0.1, 0.15) is 19.8 Å². The number of rotatable bonds is 6. The number of ether oxygens (including phenoxy) is 2. The lowest BCUT2D eigenvalue weighted by atomic mass is 10.2. The second-order valence-electron chi connectivity index (χ2n) is 7.10. The molecule has 1 aliphatic heterocycles. The highest BCUT2D eigenvalue weighted by atomic mass is 16.6. The van der Waals surface area contributed by atoms with Crippen molar-refractivity contribution >= 4 is 22.5 Å². The Bertz CT molecular complexity index is 1210. The summed E-state index contributed by atoms with van der Waals surface area (Å²) in [7, 11) is 0. The lowest BCUT2D eigenvalue weighted by Gasteiger charge is -2.19. The standard InChI is InChI=1S/C22H23N3O5/c1-2-3-10-24-21(27)16-6-4-5-7-17(16)25(22(24)28)14-20(26)23-15-8-9-18-19(13-15)30-12-11-29-18/h4-9,13H,2-3,10-12,14H2,1H3,(H,23,26). The molecule has 8 nitrogen and oxygen atoms in total. The molecule has 0 bridgehead atoms. The predicted molar refractivity (Wildman–Crippen MR) is 113 cm³/mol. The summed E-state index contributed by atoms with van der Waals surface area (Å²) in [4.78, 5) is 38.5. The van der Waals surface area contributed by atoms with E-state index in [1.54, 1.807) is 42.5 Å². The van der Waals surface area contributed by atoms with Gasteiger partial charge in [-0.2, -0.15) is 0 Å². The maximum absolute atomic E-state index is 13.0. The van der Waals surface area contributed by atoms with Gasteiger partial charge < -0.3 is 14.8 Å². The van der Waals surface area contributed by atoms with Crippen molar-refractivity contribution in [3.8, 4) is 11.5 Å². The van der Waals surface area contributed by atoms with Gasteiger partial charge in [0, 0.05) is 18.3 Å². The summed E-state index contributed by atoms with van der Waals surface area (Å²) in [6.45, 7) is 3.04. The molecule has 1 aromatic heterocycles. The SMILES string of the molecule is CCCCn1c(=O)c2ccccc2n(CC(=O)Nc2ccc3c(c2)OCCO3)c1=O. The van der Waals surface area contributed by atoms with Crippen LogP contribution in [-0.2, 0) is 17.9 Å². The topological polar surface area (TPSA) is 91.6 Å². The van der Waals surface area contributed by atoms with Gasteiger partial charge >= 0.3 is 5.69 Å². The number of aromatic nitrogens is 2. The van der Waals surface area contributed by atoms with Crippen LogP contribution in [0.4, 0.5) is 5.69 Å². The molecular formula is C22H23N3O5. The van der Waals surface area contributed by atoms with Gasteiger partial charge in [-0.3, -0.25) is 18.7 Å². The molecule has 1 N–H and O–H groups in total. The number of benzene rings is 2. The van der Waals surface area contributed by atoms with Crippen molar-refractivity contribution in [1.29, 1.82) is 0 Å². The summed E-state index contributed by atoms with van der Waals surface area (Å²) in [6, 6.07) is 12.0. The van der Waals surface area contributed by atoms with Crippen LogP contribution in [0.15, 0.2) is 52.1 Å². The van der Waals surface area contributed by atoms with Crippen molar-refractivity contribution in [2.75, 3.05) is 18.5 Å². The van der Waals surface area contributed by atoms with Crippen molar-refractivity contribution in [1.82, 2.24) is 9.13 Å². The second kappa shape index (κ2) is 8.44. The zero-order valence-electron chi connectivity index (χ0n) is 16.7. The third-order valence-corrected chi connectivity index (χ3v) is 5.00. The van der Waals surface area contributed by atoms with Crippen LogP contribution in [-0.4, -0.2) is 28.3 Å². The van der Waals surface area contributed by atoms with Crippen molar-refractivity contribution in [2.45, 2.75) is 32.9 Å². The number of anilines is 1. The highest BCUT2D eigenvalue weighted by Gasteiger charge is 2.16. The number of nitrogens with zero attached hydrogens (tertiary/aromatic N) is 2. The van der Waals surface area contributed by atoms with E-state index < -0.39 is 5.69 Å². The van der Waals surface area contributed by atoms with Crippen molar-refractivity contribution < 1.29 is 14.3 Å². The van der Waals surface area contributed by atoms with E-state index in [1.165, 1.54) is 9.13 Å². The second-order valence-corrected chi connectivity index (χ2v) is 7.10. The Morgan fingerprint density at radius 2 is 1.80 bits per heavy atom. The number of carbonyl (C=O) groups is 1. The molecule has 0 saturated heterocycles. The number of nitrogens with one attached hydrogen (secondary N) is 1. The zero-order chi connectivity index (χ0) is 21.1. The third-order valence-electron chi connectivity index (χ3n) is 5.00. The number of fused-ring (bicyclic) bond motifs is 2. The minimum absolute atomic E-state index is 0.208. The van der Waals surface area contributed by atoms with Crippen molar-refractivity contribution in [3.63, 3.8) is 0 Å². The first-order valence-corrected chi connectivity index (χ1v) is 10.0. The Balaban J connectivity index is 1.65. The average molecular weight is 409 g/mol. The number of carbonyl (C=O) groups excluding carboxylic acids is 1. The normalized spacial score (nSPS) is 12.7. The third kappa shape index (κ3) is 3.80. The lowest BCUT2D eigenvalue weighted by molar-refractivity contribution is -0.116. The Kier molecular flexibility index (Phi) is 5.56. The summed E-state index contributed by atoms with van der Waals surface area (Å²) < 4.78 is 13.6. The molecule has 0 fully saturated rings. The van der Waals surface area contributed by atoms with Crippen molar-refractivity contribution in [3.05, 3.63) is 63.3 Å². The zero-order valence-corrected chi connectivity index (χ0v) is 16.7. The highest BCUT2D eigenvalue weighted by Crippen LogP contribution is 2.32. The van der Waals surface area contributed by atoms with E-state index in [0.29, 0.717) is 54.3 Å². The van der Waals surface area contributed by atoms with Crippen LogP contribution < -0.4 is 26.0 Å². The monoisotopic (exact) mass is 409 g/mol. The summed E-state index contributed by atoms with van der Waals surface area (Å²) in [5.74, 6) is 0.818. The van der Waals surface area contributed by atoms with Crippen LogP contribution >= 0.6 is 0 Å². The molecule has 8 heteroatoms. The van der Waals surface area contributed by atoms with E-state index in [1.807, 2.05) is 6.92 Å². The molecule has 0 atom stereocenters. The molecule has 0 aliphatic carbocycles. The first kappa shape index (κ1) is 19.8. The van der Waals surface area contributed by atoms with Crippen LogP contribution in [0, 0.1) is 0 Å². The van der Waals surface area contributed by atoms with Crippen molar-refractivity contribution in [2.24, 2.45) is 0 Å². The fourth-order valence-electron chi connectivity index (χ4n) is 3.50. The summed E-state index contributed by atoms with van der Waals surface area (Å²) in [5.41, 5.74) is 0.176. The Hall–Kier alpha value is -3.55. The van der Waals surface area contributed by atoms with E-state index >= 15 is 0 Å². The molecule has 1 aliphatic rings. The van der Waals surface area contributed by atoms with Gasteiger partial charge in [-0.15, -0.1) is 0 Å². The van der Waals surface area contributed by atoms with E-state index in [4.69, 9.17) is 9.47 Å². The maximum Gasteiger partial charge on any atom is 0.331 e. The molecule has 0 unspecified atom stereocenters. The summed E-state index contributed by atoms with van der Waals surface area (Å²) in [6.07, 6.45) is 1.56.